The van der Waals surface area contributed by atoms with Crippen LogP contribution in [0.1, 0.15) is 17.3 Å². The molecule has 0 aliphatic heterocycles. The first-order valence-corrected chi connectivity index (χ1v) is 6.81. The van der Waals surface area contributed by atoms with E-state index in [4.69, 9.17) is 11.5 Å². The Hall–Kier alpha value is -1.56. The molecule has 0 aliphatic carbocycles. The molecule has 0 bridgehead atoms. The molecule has 1 atom stereocenters. The van der Waals surface area contributed by atoms with Crippen molar-refractivity contribution < 1.29 is 9.00 Å². The van der Waals surface area contributed by atoms with Gasteiger partial charge in [0.05, 0.1) is 5.56 Å². The zero-order valence-corrected chi connectivity index (χ0v) is 10.5. The number of nitrogen functional groups attached to an aromatic ring is 1. The van der Waals surface area contributed by atoms with E-state index in [-0.39, 0.29) is 0 Å². The van der Waals surface area contributed by atoms with Gasteiger partial charge < -0.3 is 16.8 Å². The summed E-state index contributed by atoms with van der Waals surface area (Å²) in [7, 11) is -0.833. The molecule has 0 saturated heterocycles. The molecule has 0 saturated carbocycles. The maximum absolute atomic E-state index is 11.2. The Morgan fingerprint density at radius 2 is 2.18 bits per heavy atom. The van der Waals surface area contributed by atoms with Crippen molar-refractivity contribution in [2.75, 3.05) is 29.1 Å². The summed E-state index contributed by atoms with van der Waals surface area (Å²) in [5.74, 6) is 0.647. The maximum Gasteiger partial charge on any atom is 0.250 e. The van der Waals surface area contributed by atoms with Gasteiger partial charge in [-0.05, 0) is 18.2 Å². The smallest absolute Gasteiger partial charge is 0.250 e. The lowest BCUT2D eigenvalue weighted by Gasteiger charge is -2.10. The Morgan fingerprint density at radius 3 is 2.76 bits per heavy atom. The zero-order valence-electron chi connectivity index (χ0n) is 9.73. The predicted octanol–water partition coefficient (Wildman–Crippen LogP) is 0.548. The van der Waals surface area contributed by atoms with Gasteiger partial charge in [-0.3, -0.25) is 9.00 Å². The molecule has 94 valence electrons. The van der Waals surface area contributed by atoms with Crippen molar-refractivity contribution in [3.8, 4) is 0 Å². The van der Waals surface area contributed by atoms with Gasteiger partial charge in [0.2, 0.25) is 0 Å². The minimum absolute atomic E-state index is 0.390. The zero-order chi connectivity index (χ0) is 12.8. The molecule has 5 nitrogen and oxygen atoms in total. The first-order chi connectivity index (χ1) is 8.04. The van der Waals surface area contributed by atoms with Gasteiger partial charge in [-0.1, -0.05) is 6.92 Å². The fraction of sp³-hybridized carbons (Fsp3) is 0.364. The van der Waals surface area contributed by atoms with Crippen LogP contribution < -0.4 is 16.8 Å². The monoisotopic (exact) mass is 255 g/mol. The van der Waals surface area contributed by atoms with Gasteiger partial charge in [-0.25, -0.2) is 0 Å². The van der Waals surface area contributed by atoms with Gasteiger partial charge in [0, 0.05) is 40.2 Å². The van der Waals surface area contributed by atoms with E-state index < -0.39 is 16.7 Å². The van der Waals surface area contributed by atoms with Crippen LogP contribution in [-0.2, 0) is 10.8 Å². The summed E-state index contributed by atoms with van der Waals surface area (Å²) in [6.07, 6.45) is 0. The number of carbonyl (C=O) groups excluding carboxylic acids is 1. The molecule has 0 heterocycles. The number of nitrogens with one attached hydrogen (secondary N) is 1. The van der Waals surface area contributed by atoms with Crippen molar-refractivity contribution >= 4 is 28.1 Å². The number of carbonyl (C=O) groups is 1. The van der Waals surface area contributed by atoms with Crippen LogP contribution in [0.3, 0.4) is 0 Å². The molecule has 1 amide bonds. The lowest BCUT2D eigenvalue weighted by Crippen LogP contribution is -2.17. The fourth-order valence-corrected chi connectivity index (χ4v) is 1.99. The average Bonchev–Trinajstić information content (AvgIpc) is 2.28. The van der Waals surface area contributed by atoms with Crippen LogP contribution in [0.4, 0.5) is 11.4 Å². The van der Waals surface area contributed by atoms with Gasteiger partial charge >= 0.3 is 0 Å². The van der Waals surface area contributed by atoms with Crippen LogP contribution >= 0.6 is 0 Å². The van der Waals surface area contributed by atoms with Gasteiger partial charge in [0.15, 0.2) is 0 Å². The van der Waals surface area contributed by atoms with Crippen LogP contribution in [0.15, 0.2) is 18.2 Å². The third-order valence-electron chi connectivity index (χ3n) is 2.28. The number of primary amides is 1. The molecule has 0 spiro atoms. The van der Waals surface area contributed by atoms with E-state index >= 15 is 0 Å². The van der Waals surface area contributed by atoms with E-state index in [2.05, 4.69) is 5.32 Å². The number of anilines is 2. The number of nitrogens with two attached hydrogens (primary N) is 2. The SMILES string of the molecule is CCS(=O)CCNc1cc(N)ccc1C(N)=O. The summed E-state index contributed by atoms with van der Waals surface area (Å²) in [5.41, 5.74) is 12.4. The van der Waals surface area contributed by atoms with E-state index in [1.54, 1.807) is 18.2 Å². The molecule has 0 aromatic heterocycles. The van der Waals surface area contributed by atoms with E-state index in [1.165, 1.54) is 0 Å². The second-order valence-corrected chi connectivity index (χ2v) is 5.39. The van der Waals surface area contributed by atoms with Crippen LogP contribution in [0.25, 0.3) is 0 Å². The van der Waals surface area contributed by atoms with Crippen molar-refractivity contribution in [2.24, 2.45) is 5.73 Å². The second kappa shape index (κ2) is 6.24. The highest BCUT2D eigenvalue weighted by molar-refractivity contribution is 7.84. The van der Waals surface area contributed by atoms with Crippen molar-refractivity contribution in [1.29, 1.82) is 0 Å². The molecule has 0 aliphatic rings. The number of hydrogen-bond donors (Lipinski definition) is 3. The highest BCUT2D eigenvalue weighted by Gasteiger charge is 2.08. The summed E-state index contributed by atoms with van der Waals surface area (Å²) in [4.78, 5) is 11.2. The van der Waals surface area contributed by atoms with Gasteiger partial charge in [0.25, 0.3) is 5.91 Å². The van der Waals surface area contributed by atoms with Gasteiger partial charge in [-0.2, -0.15) is 0 Å². The highest BCUT2D eigenvalue weighted by atomic mass is 32.2. The summed E-state index contributed by atoms with van der Waals surface area (Å²) in [6.45, 7) is 2.38. The Morgan fingerprint density at radius 1 is 1.47 bits per heavy atom. The lowest BCUT2D eigenvalue weighted by atomic mass is 10.1. The fourth-order valence-electron chi connectivity index (χ4n) is 1.37. The Labute approximate surface area is 103 Å². The minimum Gasteiger partial charge on any atom is -0.399 e. The van der Waals surface area contributed by atoms with Crippen molar-refractivity contribution in [3.63, 3.8) is 0 Å². The molecule has 0 fully saturated rings. The van der Waals surface area contributed by atoms with Crippen LogP contribution in [0, 0.1) is 0 Å². The average molecular weight is 255 g/mol. The lowest BCUT2D eigenvalue weighted by molar-refractivity contribution is 0.100. The molecule has 1 aromatic carbocycles. The molecule has 1 unspecified atom stereocenters. The predicted molar refractivity (Wildman–Crippen MR) is 71.4 cm³/mol. The second-order valence-electron chi connectivity index (χ2n) is 3.53. The minimum atomic E-state index is -0.833. The summed E-state index contributed by atoms with van der Waals surface area (Å²) < 4.78 is 11.2. The van der Waals surface area contributed by atoms with Crippen molar-refractivity contribution in [2.45, 2.75) is 6.92 Å². The Balaban J connectivity index is 2.72. The summed E-state index contributed by atoms with van der Waals surface area (Å²) >= 11 is 0. The Kier molecular flexibility index (Phi) is 4.96. The first kappa shape index (κ1) is 13.5. The number of rotatable bonds is 6. The largest absolute Gasteiger partial charge is 0.399 e. The Bertz CT molecular complexity index is 435. The van der Waals surface area contributed by atoms with E-state index in [1.807, 2.05) is 6.92 Å². The summed E-state index contributed by atoms with van der Waals surface area (Å²) in [5, 5.41) is 3.03. The number of benzene rings is 1. The highest BCUT2D eigenvalue weighted by Crippen LogP contribution is 2.18. The van der Waals surface area contributed by atoms with E-state index in [0.29, 0.717) is 35.0 Å². The molecule has 17 heavy (non-hydrogen) atoms. The maximum atomic E-state index is 11.2. The molecular formula is C11H17N3O2S. The first-order valence-electron chi connectivity index (χ1n) is 5.32. The molecular weight excluding hydrogens is 238 g/mol. The van der Waals surface area contributed by atoms with Crippen LogP contribution in [-0.4, -0.2) is 28.2 Å². The number of hydrogen-bond acceptors (Lipinski definition) is 4. The topological polar surface area (TPSA) is 98.2 Å². The molecule has 1 rings (SSSR count). The van der Waals surface area contributed by atoms with E-state index in [0.717, 1.165) is 0 Å². The van der Waals surface area contributed by atoms with Crippen molar-refractivity contribution in [3.05, 3.63) is 23.8 Å². The normalized spacial score (nSPS) is 12.1. The third-order valence-corrected chi connectivity index (χ3v) is 3.58. The molecule has 6 heteroatoms. The standard InChI is InChI=1S/C11H17N3O2S/c1-2-17(16)6-5-14-10-7-8(12)3-4-9(10)11(13)15/h3-4,7,14H,2,5-6,12H2,1H3,(H2,13,15). The van der Waals surface area contributed by atoms with E-state index in [9.17, 15) is 9.00 Å². The van der Waals surface area contributed by atoms with Crippen LogP contribution in [0.2, 0.25) is 0 Å². The third kappa shape index (κ3) is 4.07. The van der Waals surface area contributed by atoms with Crippen molar-refractivity contribution in [1.82, 2.24) is 0 Å². The molecule has 0 radical (unpaired) electrons. The van der Waals surface area contributed by atoms with Gasteiger partial charge in [0.1, 0.15) is 0 Å². The number of amides is 1. The van der Waals surface area contributed by atoms with Crippen LogP contribution in [0.5, 0.6) is 0 Å². The van der Waals surface area contributed by atoms with Gasteiger partial charge in [-0.15, -0.1) is 0 Å². The summed E-state index contributed by atoms with van der Waals surface area (Å²) in [6, 6.07) is 4.85. The molecule has 5 N–H and O–H groups in total. The molecule has 1 aromatic rings. The quantitative estimate of drug-likeness (QED) is 0.646.